The van der Waals surface area contributed by atoms with Crippen molar-refractivity contribution >= 4 is 34.2 Å². The Labute approximate surface area is 128 Å². The third-order valence-electron chi connectivity index (χ3n) is 3.94. The van der Waals surface area contributed by atoms with Crippen molar-refractivity contribution in [2.24, 2.45) is 5.41 Å². The van der Waals surface area contributed by atoms with Gasteiger partial charge in [-0.15, -0.1) is 0 Å². The molecular weight excluding hydrogens is 359 g/mol. The van der Waals surface area contributed by atoms with Crippen LogP contribution in [0.1, 0.15) is 63.9 Å². The Hall–Kier alpha value is 0.100. The Bertz CT molecular complexity index is 436. The summed E-state index contributed by atoms with van der Waals surface area (Å²) in [5.41, 5.74) is 1.58. The smallest absolute Gasteiger partial charge is 0.146 e. The van der Waals surface area contributed by atoms with Crippen LogP contribution in [0.5, 0.6) is 0 Å². The average molecular weight is 379 g/mol. The molecule has 1 aliphatic carbocycles. The zero-order valence-electron chi connectivity index (χ0n) is 11.3. The van der Waals surface area contributed by atoms with Gasteiger partial charge in [0.25, 0.3) is 0 Å². The number of aryl methyl sites for hydroxylation is 1. The van der Waals surface area contributed by atoms with Gasteiger partial charge < -0.3 is 0 Å². The summed E-state index contributed by atoms with van der Waals surface area (Å²) in [4.78, 5) is 9.22. The van der Waals surface area contributed by atoms with Crippen LogP contribution in [0, 0.1) is 8.99 Å². The third-order valence-corrected chi connectivity index (χ3v) is 5.66. The summed E-state index contributed by atoms with van der Waals surface area (Å²) in [6.07, 6.45) is 5.81. The molecule has 2 rings (SSSR count). The summed E-state index contributed by atoms with van der Waals surface area (Å²) in [6, 6.07) is 0. The van der Waals surface area contributed by atoms with Crippen molar-refractivity contribution < 1.29 is 0 Å². The number of hydrogen-bond donors (Lipinski definition) is 0. The topological polar surface area (TPSA) is 25.8 Å². The first-order valence-electron chi connectivity index (χ1n) is 6.65. The average Bonchev–Trinajstić information content (AvgIpc) is 2.32. The van der Waals surface area contributed by atoms with Gasteiger partial charge in [-0.05, 0) is 60.1 Å². The van der Waals surface area contributed by atoms with E-state index in [0.29, 0.717) is 16.5 Å². The minimum absolute atomic E-state index is 0.483. The number of rotatable bonds is 2. The second kappa shape index (κ2) is 5.61. The molecule has 0 saturated heterocycles. The van der Waals surface area contributed by atoms with Gasteiger partial charge in [-0.25, -0.2) is 9.97 Å². The second-order valence-electron chi connectivity index (χ2n) is 5.93. The molecule has 0 amide bonds. The van der Waals surface area contributed by atoms with E-state index in [1.165, 1.54) is 25.7 Å². The van der Waals surface area contributed by atoms with Gasteiger partial charge in [0.05, 0.1) is 9.26 Å². The summed E-state index contributed by atoms with van der Waals surface area (Å²) in [5.74, 6) is 1.46. The summed E-state index contributed by atoms with van der Waals surface area (Å²) in [6.45, 7) is 6.82. The summed E-state index contributed by atoms with van der Waals surface area (Å²) in [5, 5.41) is 0.627. The van der Waals surface area contributed by atoms with Crippen molar-refractivity contribution in [2.75, 3.05) is 0 Å². The molecule has 1 aromatic heterocycles. The molecule has 1 saturated carbocycles. The predicted molar refractivity (Wildman–Crippen MR) is 84.1 cm³/mol. The minimum Gasteiger partial charge on any atom is -0.236 e. The molecule has 4 heteroatoms. The molecule has 1 aliphatic rings. The fourth-order valence-electron chi connectivity index (χ4n) is 2.56. The molecule has 0 spiro atoms. The highest BCUT2D eigenvalue weighted by molar-refractivity contribution is 14.1. The molecule has 0 N–H and O–H groups in total. The largest absolute Gasteiger partial charge is 0.236 e. The number of halogens is 2. The summed E-state index contributed by atoms with van der Waals surface area (Å²) in [7, 11) is 0. The van der Waals surface area contributed by atoms with Crippen molar-refractivity contribution in [1.82, 2.24) is 9.97 Å². The molecule has 0 unspecified atom stereocenters. The van der Waals surface area contributed by atoms with Gasteiger partial charge in [-0.1, -0.05) is 32.4 Å². The molecule has 1 aromatic rings. The van der Waals surface area contributed by atoms with E-state index in [1.807, 2.05) is 0 Å². The van der Waals surface area contributed by atoms with Crippen LogP contribution >= 0.6 is 34.2 Å². The minimum atomic E-state index is 0.483. The lowest BCUT2D eigenvalue weighted by molar-refractivity contribution is 0.220. The van der Waals surface area contributed by atoms with Crippen LogP contribution in [0.2, 0.25) is 5.15 Å². The Morgan fingerprint density at radius 3 is 2.44 bits per heavy atom. The van der Waals surface area contributed by atoms with E-state index in [9.17, 15) is 0 Å². The highest BCUT2D eigenvalue weighted by atomic mass is 127. The van der Waals surface area contributed by atoms with Gasteiger partial charge in [-0.3, -0.25) is 0 Å². The Morgan fingerprint density at radius 1 is 1.28 bits per heavy atom. The second-order valence-corrected chi connectivity index (χ2v) is 7.36. The number of aromatic nitrogens is 2. The Balaban J connectivity index is 2.22. The van der Waals surface area contributed by atoms with Crippen molar-refractivity contribution in [3.05, 3.63) is 20.2 Å². The molecule has 0 atom stereocenters. The van der Waals surface area contributed by atoms with Crippen LogP contribution < -0.4 is 0 Å². The molecule has 0 bridgehead atoms. The first-order valence-corrected chi connectivity index (χ1v) is 8.10. The fraction of sp³-hybridized carbons (Fsp3) is 0.714. The van der Waals surface area contributed by atoms with E-state index >= 15 is 0 Å². The zero-order valence-corrected chi connectivity index (χ0v) is 14.2. The normalized spacial score (nSPS) is 20.1. The van der Waals surface area contributed by atoms with E-state index in [-0.39, 0.29) is 0 Å². The molecule has 2 nitrogen and oxygen atoms in total. The zero-order chi connectivity index (χ0) is 13.3. The summed E-state index contributed by atoms with van der Waals surface area (Å²) < 4.78 is 1.01. The SMILES string of the molecule is CCc1nc(C2CCC(C)(C)CC2)nc(Cl)c1I. The van der Waals surface area contributed by atoms with Gasteiger partial charge in [0.15, 0.2) is 0 Å². The predicted octanol–water partition coefficient (Wildman–Crippen LogP) is 4.98. The maximum atomic E-state index is 6.21. The Morgan fingerprint density at radius 2 is 1.89 bits per heavy atom. The molecule has 0 radical (unpaired) electrons. The lowest BCUT2D eigenvalue weighted by Gasteiger charge is -2.33. The first-order chi connectivity index (χ1) is 8.43. The molecule has 1 fully saturated rings. The van der Waals surface area contributed by atoms with Gasteiger partial charge in [0, 0.05) is 5.92 Å². The van der Waals surface area contributed by atoms with E-state index in [2.05, 4.69) is 48.3 Å². The van der Waals surface area contributed by atoms with Crippen LogP contribution in [-0.4, -0.2) is 9.97 Å². The van der Waals surface area contributed by atoms with Crippen LogP contribution in [0.25, 0.3) is 0 Å². The van der Waals surface area contributed by atoms with E-state index in [1.54, 1.807) is 0 Å². The van der Waals surface area contributed by atoms with E-state index in [0.717, 1.165) is 21.5 Å². The third kappa shape index (κ3) is 3.16. The molecule has 100 valence electrons. The van der Waals surface area contributed by atoms with Gasteiger partial charge in [-0.2, -0.15) is 0 Å². The highest BCUT2D eigenvalue weighted by Gasteiger charge is 2.29. The molecule has 18 heavy (non-hydrogen) atoms. The van der Waals surface area contributed by atoms with Crippen LogP contribution in [0.15, 0.2) is 0 Å². The molecule has 0 aliphatic heterocycles. The lowest BCUT2D eigenvalue weighted by atomic mass is 9.73. The van der Waals surface area contributed by atoms with Crippen molar-refractivity contribution in [3.63, 3.8) is 0 Å². The van der Waals surface area contributed by atoms with Crippen LogP contribution in [-0.2, 0) is 6.42 Å². The van der Waals surface area contributed by atoms with Crippen molar-refractivity contribution in [2.45, 2.75) is 58.8 Å². The first kappa shape index (κ1) is 14.5. The van der Waals surface area contributed by atoms with Gasteiger partial charge >= 0.3 is 0 Å². The number of nitrogens with zero attached hydrogens (tertiary/aromatic N) is 2. The number of hydrogen-bond acceptors (Lipinski definition) is 2. The maximum absolute atomic E-state index is 6.21. The van der Waals surface area contributed by atoms with Gasteiger partial charge in [0.2, 0.25) is 0 Å². The molecule has 1 heterocycles. The van der Waals surface area contributed by atoms with Crippen LogP contribution in [0.4, 0.5) is 0 Å². The highest BCUT2D eigenvalue weighted by Crippen LogP contribution is 2.41. The van der Waals surface area contributed by atoms with Gasteiger partial charge in [0.1, 0.15) is 11.0 Å². The van der Waals surface area contributed by atoms with E-state index in [4.69, 9.17) is 16.6 Å². The summed E-state index contributed by atoms with van der Waals surface area (Å²) >= 11 is 8.46. The van der Waals surface area contributed by atoms with Crippen LogP contribution in [0.3, 0.4) is 0 Å². The fourth-order valence-corrected chi connectivity index (χ4v) is 3.37. The lowest BCUT2D eigenvalue weighted by Crippen LogP contribution is -2.21. The van der Waals surface area contributed by atoms with Crippen molar-refractivity contribution in [1.29, 1.82) is 0 Å². The molecular formula is C14H20ClIN2. The monoisotopic (exact) mass is 378 g/mol. The molecule has 0 aromatic carbocycles. The quantitative estimate of drug-likeness (QED) is 0.536. The Kier molecular flexibility index (Phi) is 4.52. The van der Waals surface area contributed by atoms with E-state index < -0.39 is 0 Å². The maximum Gasteiger partial charge on any atom is 0.146 e. The standard InChI is InChI=1S/C14H20ClIN2/c1-4-10-11(16)12(15)18-13(17-10)9-5-7-14(2,3)8-6-9/h9H,4-8H2,1-3H3. The van der Waals surface area contributed by atoms with Crippen molar-refractivity contribution in [3.8, 4) is 0 Å².